The molecule has 116 valence electrons. The number of ether oxygens (including phenoxy) is 2. The zero-order chi connectivity index (χ0) is 15.2. The predicted molar refractivity (Wildman–Crippen MR) is 78.3 cm³/mol. The summed E-state index contributed by atoms with van der Waals surface area (Å²) >= 11 is 0. The first-order valence-corrected chi connectivity index (χ1v) is 7.08. The number of nitrogens with zero attached hydrogens (tertiary/aromatic N) is 1. The van der Waals surface area contributed by atoms with E-state index in [4.69, 9.17) is 15.2 Å². The SMILES string of the molecule is COc1cc(CC(CN)C(=O)N2CCOCC2)ccc1O. The number of aromatic hydroxyl groups is 1. The highest BCUT2D eigenvalue weighted by Crippen LogP contribution is 2.27. The lowest BCUT2D eigenvalue weighted by Gasteiger charge is -2.30. The fourth-order valence-corrected chi connectivity index (χ4v) is 2.45. The fraction of sp³-hybridized carbons (Fsp3) is 0.533. The normalized spacial score (nSPS) is 16.6. The van der Waals surface area contributed by atoms with Crippen molar-refractivity contribution in [3.8, 4) is 11.5 Å². The number of phenols is 1. The summed E-state index contributed by atoms with van der Waals surface area (Å²) in [5.74, 6) is 0.289. The number of phenolic OH excluding ortho intramolecular Hbond substituents is 1. The monoisotopic (exact) mass is 294 g/mol. The molecule has 1 aromatic rings. The summed E-state index contributed by atoms with van der Waals surface area (Å²) < 4.78 is 10.3. The number of morpholine rings is 1. The van der Waals surface area contributed by atoms with Gasteiger partial charge < -0.3 is 25.2 Å². The van der Waals surface area contributed by atoms with E-state index in [2.05, 4.69) is 0 Å². The molecule has 3 N–H and O–H groups in total. The van der Waals surface area contributed by atoms with Crippen LogP contribution in [-0.4, -0.2) is 55.9 Å². The fourth-order valence-electron chi connectivity index (χ4n) is 2.45. The number of benzene rings is 1. The van der Waals surface area contributed by atoms with Crippen molar-refractivity contribution < 1.29 is 19.4 Å². The van der Waals surface area contributed by atoms with Crippen LogP contribution < -0.4 is 10.5 Å². The predicted octanol–water partition coefficient (Wildman–Crippen LogP) is 0.377. The molecule has 2 rings (SSSR count). The molecule has 1 saturated heterocycles. The van der Waals surface area contributed by atoms with E-state index in [1.807, 2.05) is 0 Å². The van der Waals surface area contributed by atoms with Crippen molar-refractivity contribution in [2.75, 3.05) is 40.0 Å². The van der Waals surface area contributed by atoms with Crippen LogP contribution in [0.4, 0.5) is 0 Å². The van der Waals surface area contributed by atoms with Gasteiger partial charge in [-0.1, -0.05) is 6.07 Å². The van der Waals surface area contributed by atoms with Crippen LogP contribution >= 0.6 is 0 Å². The van der Waals surface area contributed by atoms with Crippen LogP contribution in [0, 0.1) is 5.92 Å². The van der Waals surface area contributed by atoms with Gasteiger partial charge in [0.2, 0.25) is 5.91 Å². The van der Waals surface area contributed by atoms with E-state index >= 15 is 0 Å². The molecule has 1 aliphatic heterocycles. The number of amides is 1. The van der Waals surface area contributed by atoms with Gasteiger partial charge in [-0.2, -0.15) is 0 Å². The Labute approximate surface area is 124 Å². The second-order valence-electron chi connectivity index (χ2n) is 5.08. The molecule has 1 heterocycles. The van der Waals surface area contributed by atoms with Gasteiger partial charge in [0.25, 0.3) is 0 Å². The molecule has 1 aromatic carbocycles. The van der Waals surface area contributed by atoms with Gasteiger partial charge in [0, 0.05) is 19.6 Å². The number of hydrogen-bond acceptors (Lipinski definition) is 5. The van der Waals surface area contributed by atoms with E-state index in [0.29, 0.717) is 45.0 Å². The van der Waals surface area contributed by atoms with Gasteiger partial charge in [-0.25, -0.2) is 0 Å². The summed E-state index contributed by atoms with van der Waals surface area (Å²) in [4.78, 5) is 14.3. The van der Waals surface area contributed by atoms with Gasteiger partial charge in [0.05, 0.1) is 26.2 Å². The molecule has 0 aromatic heterocycles. The van der Waals surface area contributed by atoms with Crippen LogP contribution in [0.25, 0.3) is 0 Å². The lowest BCUT2D eigenvalue weighted by atomic mass is 9.97. The molecular weight excluding hydrogens is 272 g/mol. The maximum absolute atomic E-state index is 12.5. The zero-order valence-corrected chi connectivity index (χ0v) is 12.2. The minimum Gasteiger partial charge on any atom is -0.504 e. The van der Waals surface area contributed by atoms with Crippen molar-refractivity contribution in [3.05, 3.63) is 23.8 Å². The van der Waals surface area contributed by atoms with Crippen LogP contribution in [0.15, 0.2) is 18.2 Å². The Hall–Kier alpha value is -1.79. The Morgan fingerprint density at radius 1 is 1.48 bits per heavy atom. The number of carbonyl (C=O) groups is 1. The van der Waals surface area contributed by atoms with E-state index in [0.717, 1.165) is 5.56 Å². The Morgan fingerprint density at radius 3 is 2.81 bits per heavy atom. The smallest absolute Gasteiger partial charge is 0.227 e. The Morgan fingerprint density at radius 2 is 2.19 bits per heavy atom. The van der Waals surface area contributed by atoms with Gasteiger partial charge in [0.15, 0.2) is 11.5 Å². The highest BCUT2D eigenvalue weighted by Gasteiger charge is 2.25. The van der Waals surface area contributed by atoms with Crippen LogP contribution in [0.3, 0.4) is 0 Å². The van der Waals surface area contributed by atoms with E-state index < -0.39 is 0 Å². The third-order valence-corrected chi connectivity index (χ3v) is 3.68. The molecule has 1 atom stereocenters. The topological polar surface area (TPSA) is 85.0 Å². The zero-order valence-electron chi connectivity index (χ0n) is 12.2. The first-order chi connectivity index (χ1) is 10.2. The lowest BCUT2D eigenvalue weighted by molar-refractivity contribution is -0.139. The third-order valence-electron chi connectivity index (χ3n) is 3.68. The summed E-state index contributed by atoms with van der Waals surface area (Å²) in [6.45, 7) is 2.69. The highest BCUT2D eigenvalue weighted by atomic mass is 16.5. The van der Waals surface area contributed by atoms with Crippen molar-refractivity contribution in [3.63, 3.8) is 0 Å². The van der Waals surface area contributed by atoms with Gasteiger partial charge in [-0.05, 0) is 24.1 Å². The van der Waals surface area contributed by atoms with E-state index in [9.17, 15) is 9.90 Å². The van der Waals surface area contributed by atoms with Crippen LogP contribution in [-0.2, 0) is 16.0 Å². The molecule has 21 heavy (non-hydrogen) atoms. The minimum atomic E-state index is -0.266. The maximum Gasteiger partial charge on any atom is 0.227 e. The van der Waals surface area contributed by atoms with Gasteiger partial charge >= 0.3 is 0 Å². The first kappa shape index (κ1) is 15.6. The van der Waals surface area contributed by atoms with Crippen molar-refractivity contribution in [2.24, 2.45) is 11.7 Å². The van der Waals surface area contributed by atoms with Crippen molar-refractivity contribution in [1.29, 1.82) is 0 Å². The molecular formula is C15H22N2O4. The molecule has 6 heteroatoms. The Kier molecular flexibility index (Phi) is 5.41. The molecule has 1 fully saturated rings. The minimum absolute atomic E-state index is 0.0628. The summed E-state index contributed by atoms with van der Waals surface area (Å²) in [5.41, 5.74) is 6.69. The highest BCUT2D eigenvalue weighted by molar-refractivity contribution is 5.79. The van der Waals surface area contributed by atoms with E-state index in [1.165, 1.54) is 7.11 Å². The van der Waals surface area contributed by atoms with Crippen molar-refractivity contribution >= 4 is 5.91 Å². The molecule has 0 saturated carbocycles. The van der Waals surface area contributed by atoms with E-state index in [1.54, 1.807) is 23.1 Å². The Balaban J connectivity index is 2.05. The first-order valence-electron chi connectivity index (χ1n) is 7.08. The second-order valence-corrected chi connectivity index (χ2v) is 5.08. The summed E-state index contributed by atoms with van der Waals surface area (Å²) in [7, 11) is 1.50. The molecule has 1 unspecified atom stereocenters. The number of methoxy groups -OCH3 is 1. The number of carbonyl (C=O) groups excluding carboxylic acids is 1. The molecule has 0 aliphatic carbocycles. The van der Waals surface area contributed by atoms with E-state index in [-0.39, 0.29) is 17.6 Å². The van der Waals surface area contributed by atoms with Gasteiger partial charge in [-0.15, -0.1) is 0 Å². The lowest BCUT2D eigenvalue weighted by Crippen LogP contribution is -2.45. The van der Waals surface area contributed by atoms with Crippen LogP contribution in [0.2, 0.25) is 0 Å². The maximum atomic E-state index is 12.5. The van der Waals surface area contributed by atoms with Crippen molar-refractivity contribution in [2.45, 2.75) is 6.42 Å². The van der Waals surface area contributed by atoms with Gasteiger partial charge in [0.1, 0.15) is 0 Å². The third kappa shape index (κ3) is 3.86. The number of hydrogen-bond donors (Lipinski definition) is 2. The summed E-state index contributed by atoms with van der Waals surface area (Å²) in [6.07, 6.45) is 0.531. The molecule has 1 aliphatic rings. The summed E-state index contributed by atoms with van der Waals surface area (Å²) in [6, 6.07) is 5.10. The second kappa shape index (κ2) is 7.28. The molecule has 6 nitrogen and oxygen atoms in total. The number of nitrogens with two attached hydrogens (primary N) is 1. The summed E-state index contributed by atoms with van der Waals surface area (Å²) in [5, 5.41) is 9.60. The van der Waals surface area contributed by atoms with Crippen LogP contribution in [0.5, 0.6) is 11.5 Å². The molecule has 0 bridgehead atoms. The average Bonchev–Trinajstić information content (AvgIpc) is 2.54. The molecule has 1 amide bonds. The molecule has 0 radical (unpaired) electrons. The van der Waals surface area contributed by atoms with Crippen LogP contribution in [0.1, 0.15) is 5.56 Å². The standard InChI is InChI=1S/C15H22N2O4/c1-20-14-9-11(2-3-13(14)18)8-12(10-16)15(19)17-4-6-21-7-5-17/h2-3,9,12,18H,4-8,10,16H2,1H3. The average molecular weight is 294 g/mol. The largest absolute Gasteiger partial charge is 0.504 e. The molecule has 0 spiro atoms. The Bertz CT molecular complexity index is 487. The quantitative estimate of drug-likeness (QED) is 0.820. The van der Waals surface area contributed by atoms with Gasteiger partial charge in [-0.3, -0.25) is 4.79 Å². The van der Waals surface area contributed by atoms with Crippen molar-refractivity contribution in [1.82, 2.24) is 4.90 Å². The number of rotatable bonds is 5.